The van der Waals surface area contributed by atoms with Gasteiger partial charge in [0.1, 0.15) is 5.01 Å². The molecule has 3 rings (SSSR count). The first kappa shape index (κ1) is 18.3. The monoisotopic (exact) mass is 399 g/mol. The van der Waals surface area contributed by atoms with Crippen molar-refractivity contribution >= 4 is 38.9 Å². The van der Waals surface area contributed by atoms with Crippen LogP contribution in [0.2, 0.25) is 5.02 Å². The van der Waals surface area contributed by atoms with Gasteiger partial charge in [0, 0.05) is 37.1 Å². The van der Waals surface area contributed by atoms with Crippen molar-refractivity contribution < 1.29 is 13.2 Å². The Kier molecular flexibility index (Phi) is 5.43. The van der Waals surface area contributed by atoms with Crippen molar-refractivity contribution in [1.82, 2.24) is 14.2 Å². The number of hydrogen-bond acceptors (Lipinski definition) is 5. The van der Waals surface area contributed by atoms with Crippen LogP contribution in [0.5, 0.6) is 0 Å². The molecule has 9 heteroatoms. The molecule has 0 N–H and O–H groups in total. The lowest BCUT2D eigenvalue weighted by atomic mass is 10.2. The molecule has 0 spiro atoms. The Morgan fingerprint density at radius 1 is 1.24 bits per heavy atom. The van der Waals surface area contributed by atoms with Gasteiger partial charge in [0.15, 0.2) is 0 Å². The highest BCUT2D eigenvalue weighted by atomic mass is 35.5. The first-order chi connectivity index (χ1) is 11.8. The van der Waals surface area contributed by atoms with E-state index in [4.69, 9.17) is 11.6 Å². The number of halogens is 1. The average Bonchev–Trinajstić information content (AvgIpc) is 3.03. The topological polar surface area (TPSA) is 70.6 Å². The van der Waals surface area contributed by atoms with Gasteiger partial charge in [0.25, 0.3) is 0 Å². The van der Waals surface area contributed by atoms with Crippen LogP contribution >= 0.6 is 22.9 Å². The third kappa shape index (κ3) is 4.38. The van der Waals surface area contributed by atoms with E-state index < -0.39 is 10.0 Å². The standard InChI is InChI=1S/C16H18ClN3O3S2/c1-25(22,23)20-8-6-19(7-9-20)15(21)10-12-11-24-16(18-12)13-4-2-3-5-14(13)17/h2-5,11H,6-10H2,1H3. The van der Waals surface area contributed by atoms with Crippen molar-refractivity contribution in [2.75, 3.05) is 32.4 Å². The Labute approximate surface area is 156 Å². The van der Waals surface area contributed by atoms with Crippen LogP contribution in [-0.2, 0) is 21.2 Å². The lowest BCUT2D eigenvalue weighted by Gasteiger charge is -2.33. The number of amides is 1. The zero-order chi connectivity index (χ0) is 18.0. The van der Waals surface area contributed by atoms with E-state index in [0.29, 0.717) is 36.9 Å². The SMILES string of the molecule is CS(=O)(=O)N1CCN(C(=O)Cc2csc(-c3ccccc3Cl)n2)CC1. The van der Waals surface area contributed by atoms with Crippen LogP contribution in [-0.4, -0.2) is 60.9 Å². The van der Waals surface area contributed by atoms with Crippen molar-refractivity contribution in [2.24, 2.45) is 0 Å². The molecule has 6 nitrogen and oxygen atoms in total. The number of carbonyl (C=O) groups is 1. The molecule has 1 aliphatic rings. The summed E-state index contributed by atoms with van der Waals surface area (Å²) >= 11 is 7.64. The fraction of sp³-hybridized carbons (Fsp3) is 0.375. The lowest BCUT2D eigenvalue weighted by molar-refractivity contribution is -0.131. The molecule has 0 bridgehead atoms. The van der Waals surface area contributed by atoms with Crippen molar-refractivity contribution in [3.05, 3.63) is 40.4 Å². The number of sulfonamides is 1. The smallest absolute Gasteiger partial charge is 0.228 e. The Morgan fingerprint density at radius 2 is 1.92 bits per heavy atom. The van der Waals surface area contributed by atoms with Crippen molar-refractivity contribution in [3.63, 3.8) is 0 Å². The molecular formula is C16H18ClN3O3S2. The van der Waals surface area contributed by atoms with E-state index in [-0.39, 0.29) is 12.3 Å². The van der Waals surface area contributed by atoms with Gasteiger partial charge in [-0.05, 0) is 6.07 Å². The van der Waals surface area contributed by atoms with Gasteiger partial charge in [-0.2, -0.15) is 4.31 Å². The van der Waals surface area contributed by atoms with E-state index in [2.05, 4.69) is 4.98 Å². The van der Waals surface area contributed by atoms with Gasteiger partial charge in [-0.25, -0.2) is 13.4 Å². The fourth-order valence-corrected chi connectivity index (χ4v) is 4.65. The van der Waals surface area contributed by atoms with Gasteiger partial charge in [0.2, 0.25) is 15.9 Å². The molecule has 25 heavy (non-hydrogen) atoms. The summed E-state index contributed by atoms with van der Waals surface area (Å²) in [6.45, 7) is 1.50. The minimum atomic E-state index is -3.19. The largest absolute Gasteiger partial charge is 0.340 e. The molecule has 1 aromatic heterocycles. The van der Waals surface area contributed by atoms with Gasteiger partial charge < -0.3 is 4.90 Å². The predicted octanol–water partition coefficient (Wildman–Crippen LogP) is 2.11. The van der Waals surface area contributed by atoms with Gasteiger partial charge in [-0.1, -0.05) is 29.8 Å². The van der Waals surface area contributed by atoms with Crippen LogP contribution in [0.25, 0.3) is 10.6 Å². The van der Waals surface area contributed by atoms with E-state index in [1.54, 1.807) is 4.90 Å². The molecule has 0 unspecified atom stereocenters. The molecule has 1 saturated heterocycles. The highest BCUT2D eigenvalue weighted by Crippen LogP contribution is 2.30. The number of carbonyl (C=O) groups excluding carboxylic acids is 1. The van der Waals surface area contributed by atoms with Crippen molar-refractivity contribution in [1.29, 1.82) is 0 Å². The predicted molar refractivity (Wildman–Crippen MR) is 99.3 cm³/mol. The minimum Gasteiger partial charge on any atom is -0.340 e. The zero-order valence-corrected chi connectivity index (χ0v) is 16.1. The minimum absolute atomic E-state index is 0.0378. The number of thiazole rings is 1. The summed E-state index contributed by atoms with van der Waals surface area (Å²) in [5.74, 6) is -0.0378. The number of aromatic nitrogens is 1. The van der Waals surface area contributed by atoms with E-state index in [0.717, 1.165) is 10.6 Å². The van der Waals surface area contributed by atoms with Crippen LogP contribution in [0.15, 0.2) is 29.6 Å². The second-order valence-corrected chi connectivity index (χ2v) is 9.09. The maximum atomic E-state index is 12.4. The van der Waals surface area contributed by atoms with Crippen LogP contribution in [0.4, 0.5) is 0 Å². The van der Waals surface area contributed by atoms with Crippen LogP contribution in [0, 0.1) is 0 Å². The summed E-state index contributed by atoms with van der Waals surface area (Å²) < 4.78 is 24.4. The van der Waals surface area contributed by atoms with E-state index >= 15 is 0 Å². The molecule has 1 fully saturated rings. The summed E-state index contributed by atoms with van der Waals surface area (Å²) in [6.07, 6.45) is 1.40. The number of rotatable bonds is 4. The fourth-order valence-electron chi connectivity index (χ4n) is 2.68. The summed E-state index contributed by atoms with van der Waals surface area (Å²) in [6, 6.07) is 7.47. The third-order valence-corrected chi connectivity index (χ3v) is 6.61. The summed E-state index contributed by atoms with van der Waals surface area (Å²) in [5, 5.41) is 3.28. The zero-order valence-electron chi connectivity index (χ0n) is 13.7. The van der Waals surface area contributed by atoms with Crippen molar-refractivity contribution in [2.45, 2.75) is 6.42 Å². The van der Waals surface area contributed by atoms with E-state index in [1.165, 1.54) is 21.9 Å². The maximum Gasteiger partial charge on any atom is 0.228 e. The Bertz CT molecular complexity index is 874. The van der Waals surface area contributed by atoms with Gasteiger partial charge >= 0.3 is 0 Å². The number of benzene rings is 1. The number of nitrogens with zero attached hydrogens (tertiary/aromatic N) is 3. The number of piperazine rings is 1. The molecule has 134 valence electrons. The average molecular weight is 400 g/mol. The summed E-state index contributed by atoms with van der Waals surface area (Å²) in [4.78, 5) is 18.6. The number of hydrogen-bond donors (Lipinski definition) is 0. The molecule has 0 saturated carbocycles. The molecule has 0 radical (unpaired) electrons. The first-order valence-electron chi connectivity index (χ1n) is 7.77. The molecular weight excluding hydrogens is 382 g/mol. The van der Waals surface area contributed by atoms with Gasteiger partial charge in [0.05, 0.1) is 23.4 Å². The maximum absolute atomic E-state index is 12.4. The van der Waals surface area contributed by atoms with Crippen LogP contribution in [0.3, 0.4) is 0 Å². The highest BCUT2D eigenvalue weighted by molar-refractivity contribution is 7.88. The second kappa shape index (κ2) is 7.41. The Morgan fingerprint density at radius 3 is 2.56 bits per heavy atom. The van der Waals surface area contributed by atoms with Gasteiger partial charge in [-0.15, -0.1) is 11.3 Å². The van der Waals surface area contributed by atoms with E-state index in [9.17, 15) is 13.2 Å². The van der Waals surface area contributed by atoms with E-state index in [1.807, 2.05) is 29.6 Å². The van der Waals surface area contributed by atoms with Gasteiger partial charge in [-0.3, -0.25) is 4.79 Å². The molecule has 0 aliphatic carbocycles. The normalized spacial score (nSPS) is 16.2. The molecule has 2 aromatic rings. The molecule has 0 atom stereocenters. The quantitative estimate of drug-likeness (QED) is 0.789. The Hall–Kier alpha value is -1.48. The molecule has 1 aliphatic heterocycles. The highest BCUT2D eigenvalue weighted by Gasteiger charge is 2.26. The van der Waals surface area contributed by atoms with Crippen LogP contribution in [0.1, 0.15) is 5.69 Å². The first-order valence-corrected chi connectivity index (χ1v) is 10.9. The third-order valence-electron chi connectivity index (χ3n) is 4.05. The Balaban J connectivity index is 1.62. The summed E-state index contributed by atoms with van der Waals surface area (Å²) in [7, 11) is -3.19. The molecule has 2 heterocycles. The van der Waals surface area contributed by atoms with Crippen LogP contribution < -0.4 is 0 Å². The lowest BCUT2D eigenvalue weighted by Crippen LogP contribution is -2.50. The van der Waals surface area contributed by atoms with Crippen molar-refractivity contribution in [3.8, 4) is 10.6 Å². The summed E-state index contributed by atoms with van der Waals surface area (Å²) in [5.41, 5.74) is 1.56. The molecule has 1 amide bonds. The molecule has 1 aromatic carbocycles. The second-order valence-electron chi connectivity index (χ2n) is 5.84.